The molecule has 0 spiro atoms. The van der Waals surface area contributed by atoms with E-state index in [-0.39, 0.29) is 10.9 Å². The van der Waals surface area contributed by atoms with Crippen molar-refractivity contribution in [3.8, 4) is 0 Å². The highest BCUT2D eigenvalue weighted by Gasteiger charge is 2.21. The molecule has 1 N–H and O–H groups in total. The van der Waals surface area contributed by atoms with Crippen LogP contribution >= 0.6 is 35.0 Å². The fourth-order valence-electron chi connectivity index (χ4n) is 2.10. The molecule has 2 rings (SSSR count). The van der Waals surface area contributed by atoms with Gasteiger partial charge in [0.25, 0.3) is 0 Å². The molecule has 0 saturated heterocycles. The molecule has 118 valence electrons. The maximum absolute atomic E-state index is 11.6. The molecule has 1 aromatic carbocycles. The molecule has 0 aliphatic carbocycles. The Hall–Kier alpha value is -1.17. The van der Waals surface area contributed by atoms with Crippen LogP contribution in [0, 0.1) is 6.92 Å². The third-order valence-corrected chi connectivity index (χ3v) is 4.58. The molecule has 22 heavy (non-hydrogen) atoms. The zero-order valence-corrected chi connectivity index (χ0v) is 14.8. The molecular formula is C15H16Cl2N2O2S. The third kappa shape index (κ3) is 3.77. The molecule has 0 unspecified atom stereocenters. The zero-order valence-electron chi connectivity index (χ0n) is 12.4. The predicted molar refractivity (Wildman–Crippen MR) is 90.5 cm³/mol. The van der Waals surface area contributed by atoms with Gasteiger partial charge in [-0.25, -0.2) is 9.78 Å². The van der Waals surface area contributed by atoms with Crippen molar-refractivity contribution in [2.75, 3.05) is 0 Å². The molecule has 0 aliphatic rings. The largest absolute Gasteiger partial charge is 0.477 e. The van der Waals surface area contributed by atoms with E-state index in [1.165, 1.54) is 11.8 Å². The number of carbonyl (C=O) groups is 1. The minimum Gasteiger partial charge on any atom is -0.477 e. The number of benzene rings is 1. The minimum atomic E-state index is -1.00. The lowest BCUT2D eigenvalue weighted by Gasteiger charge is -2.12. The Balaban J connectivity index is 2.51. The maximum atomic E-state index is 11.6. The summed E-state index contributed by atoms with van der Waals surface area (Å²) in [6.07, 6.45) is 0. The Morgan fingerprint density at radius 1 is 1.41 bits per heavy atom. The summed E-state index contributed by atoms with van der Waals surface area (Å²) in [5, 5.41) is 11.5. The van der Waals surface area contributed by atoms with E-state index in [1.54, 1.807) is 29.7 Å². The van der Waals surface area contributed by atoms with Gasteiger partial charge in [-0.3, -0.25) is 0 Å². The summed E-state index contributed by atoms with van der Waals surface area (Å²) in [7, 11) is 0. The Morgan fingerprint density at radius 2 is 2.09 bits per heavy atom. The summed E-state index contributed by atoms with van der Waals surface area (Å²) >= 11 is 13.7. The number of halogens is 2. The molecule has 2 aromatic rings. The zero-order chi connectivity index (χ0) is 16.4. The average Bonchev–Trinajstić information content (AvgIpc) is 2.69. The number of hydrogen-bond acceptors (Lipinski definition) is 3. The van der Waals surface area contributed by atoms with Gasteiger partial charge in [0.1, 0.15) is 0 Å². The molecule has 1 heterocycles. The van der Waals surface area contributed by atoms with Gasteiger partial charge in [0, 0.05) is 15.3 Å². The summed E-state index contributed by atoms with van der Waals surface area (Å²) in [5.74, 6) is -1.00. The normalized spacial score (nSPS) is 11.2. The van der Waals surface area contributed by atoms with Crippen molar-refractivity contribution < 1.29 is 9.90 Å². The Kier molecular flexibility index (Phi) is 5.42. The van der Waals surface area contributed by atoms with Crippen molar-refractivity contribution in [3.63, 3.8) is 0 Å². The number of thioether (sulfide) groups is 1. The standard InChI is InChI=1S/C15H16Cl2N2O2S/c1-8(2)22-15-18-9(3)13(14(20)21)19(15)7-10-6-11(16)4-5-12(10)17/h4-6,8H,7H2,1-3H3,(H,20,21). The highest BCUT2D eigenvalue weighted by molar-refractivity contribution is 7.99. The molecule has 4 nitrogen and oxygen atoms in total. The van der Waals surface area contributed by atoms with E-state index in [2.05, 4.69) is 4.98 Å². The fraction of sp³-hybridized carbons (Fsp3) is 0.333. The molecule has 0 atom stereocenters. The first-order chi connectivity index (χ1) is 10.3. The van der Waals surface area contributed by atoms with Gasteiger partial charge in [-0.05, 0) is 30.7 Å². The highest BCUT2D eigenvalue weighted by atomic mass is 35.5. The first-order valence-electron chi connectivity index (χ1n) is 6.70. The van der Waals surface area contributed by atoms with Gasteiger partial charge < -0.3 is 9.67 Å². The second-order valence-electron chi connectivity index (χ2n) is 5.12. The number of aromatic nitrogens is 2. The van der Waals surface area contributed by atoms with Crippen LogP contribution in [0.25, 0.3) is 0 Å². The molecule has 0 radical (unpaired) electrons. The fourth-order valence-corrected chi connectivity index (χ4v) is 3.37. The van der Waals surface area contributed by atoms with E-state index in [9.17, 15) is 9.90 Å². The van der Waals surface area contributed by atoms with Crippen LogP contribution in [0.15, 0.2) is 23.4 Å². The van der Waals surface area contributed by atoms with Crippen LogP contribution in [0.2, 0.25) is 10.0 Å². The van der Waals surface area contributed by atoms with Gasteiger partial charge in [0.15, 0.2) is 10.9 Å². The van der Waals surface area contributed by atoms with Crippen molar-refractivity contribution in [2.24, 2.45) is 0 Å². The molecule has 7 heteroatoms. The Bertz CT molecular complexity index is 714. The molecule has 0 saturated carbocycles. The maximum Gasteiger partial charge on any atom is 0.354 e. The number of carboxylic acid groups (broad SMARTS) is 1. The second-order valence-corrected chi connectivity index (χ2v) is 7.51. The van der Waals surface area contributed by atoms with Crippen molar-refractivity contribution in [1.29, 1.82) is 0 Å². The molecule has 0 aliphatic heterocycles. The van der Waals surface area contributed by atoms with Crippen LogP contribution in [-0.2, 0) is 6.54 Å². The van der Waals surface area contributed by atoms with Crippen LogP contribution in [-0.4, -0.2) is 25.9 Å². The van der Waals surface area contributed by atoms with Gasteiger partial charge >= 0.3 is 5.97 Å². The molecule has 1 aromatic heterocycles. The summed E-state index contributed by atoms with van der Waals surface area (Å²) in [6.45, 7) is 6.08. The highest BCUT2D eigenvalue weighted by Crippen LogP contribution is 2.28. The van der Waals surface area contributed by atoms with E-state index in [1.807, 2.05) is 13.8 Å². The van der Waals surface area contributed by atoms with Gasteiger partial charge in [-0.15, -0.1) is 0 Å². The predicted octanol–water partition coefficient (Wildman–Crippen LogP) is 4.75. The summed E-state index contributed by atoms with van der Waals surface area (Å²) < 4.78 is 1.68. The van der Waals surface area contributed by atoms with Gasteiger partial charge in [-0.1, -0.05) is 48.8 Å². The topological polar surface area (TPSA) is 55.1 Å². The molecule has 0 amide bonds. The quantitative estimate of drug-likeness (QED) is 0.783. The number of nitrogens with zero attached hydrogens (tertiary/aromatic N) is 2. The minimum absolute atomic E-state index is 0.180. The van der Waals surface area contributed by atoms with Crippen molar-refractivity contribution >= 4 is 40.9 Å². The number of hydrogen-bond donors (Lipinski definition) is 1. The van der Waals surface area contributed by atoms with Crippen LogP contribution < -0.4 is 0 Å². The summed E-state index contributed by atoms with van der Waals surface area (Å²) in [5.41, 5.74) is 1.44. The first kappa shape index (κ1) is 17.2. The number of rotatable bonds is 5. The summed E-state index contributed by atoms with van der Waals surface area (Å²) in [6, 6.07) is 5.15. The smallest absolute Gasteiger partial charge is 0.354 e. The first-order valence-corrected chi connectivity index (χ1v) is 8.34. The number of aromatic carboxylic acids is 1. The van der Waals surface area contributed by atoms with Gasteiger partial charge in [-0.2, -0.15) is 0 Å². The lowest BCUT2D eigenvalue weighted by atomic mass is 10.2. The van der Waals surface area contributed by atoms with Crippen molar-refractivity contribution in [1.82, 2.24) is 9.55 Å². The monoisotopic (exact) mass is 358 g/mol. The third-order valence-electron chi connectivity index (χ3n) is 2.99. The molecular weight excluding hydrogens is 343 g/mol. The number of carboxylic acids is 1. The van der Waals surface area contributed by atoms with E-state index in [4.69, 9.17) is 23.2 Å². The van der Waals surface area contributed by atoms with Crippen LogP contribution in [0.4, 0.5) is 0 Å². The lowest BCUT2D eigenvalue weighted by Crippen LogP contribution is -2.12. The Labute approximate surface area is 143 Å². The molecule has 0 fully saturated rings. The summed E-state index contributed by atoms with van der Waals surface area (Å²) in [4.78, 5) is 15.9. The number of aryl methyl sites for hydroxylation is 1. The van der Waals surface area contributed by atoms with E-state index in [0.717, 1.165) is 5.56 Å². The van der Waals surface area contributed by atoms with Crippen LogP contribution in [0.3, 0.4) is 0 Å². The van der Waals surface area contributed by atoms with Crippen LogP contribution in [0.1, 0.15) is 35.6 Å². The van der Waals surface area contributed by atoms with Crippen molar-refractivity contribution in [2.45, 2.75) is 37.7 Å². The van der Waals surface area contributed by atoms with Gasteiger partial charge in [0.05, 0.1) is 12.2 Å². The SMILES string of the molecule is Cc1nc(SC(C)C)n(Cc2cc(Cl)ccc2Cl)c1C(=O)O. The van der Waals surface area contributed by atoms with E-state index in [0.29, 0.717) is 27.4 Å². The van der Waals surface area contributed by atoms with Crippen LogP contribution in [0.5, 0.6) is 0 Å². The van der Waals surface area contributed by atoms with E-state index < -0.39 is 5.97 Å². The van der Waals surface area contributed by atoms with Gasteiger partial charge in [0.2, 0.25) is 0 Å². The molecule has 0 bridgehead atoms. The lowest BCUT2D eigenvalue weighted by molar-refractivity contribution is 0.0684. The average molecular weight is 359 g/mol. The van der Waals surface area contributed by atoms with E-state index >= 15 is 0 Å². The second kappa shape index (κ2) is 6.94. The number of imidazole rings is 1. The van der Waals surface area contributed by atoms with Crippen molar-refractivity contribution in [3.05, 3.63) is 45.2 Å². The Morgan fingerprint density at radius 3 is 2.68 bits per heavy atom.